The third kappa shape index (κ3) is 5.22. The van der Waals surface area contributed by atoms with E-state index in [0.29, 0.717) is 38.9 Å². The van der Waals surface area contributed by atoms with Crippen LogP contribution in [0.3, 0.4) is 0 Å². The highest BCUT2D eigenvalue weighted by Gasteiger charge is 2.28. The number of anilines is 2. The highest BCUT2D eigenvalue weighted by atomic mass is 16.5. The molecule has 3 aromatic carbocycles. The first-order valence-corrected chi connectivity index (χ1v) is 12.6. The van der Waals surface area contributed by atoms with Crippen molar-refractivity contribution >= 4 is 11.6 Å². The molecule has 1 aliphatic heterocycles. The van der Waals surface area contributed by atoms with Gasteiger partial charge in [-0.3, -0.25) is 19.2 Å². The lowest BCUT2D eigenvalue weighted by atomic mass is 10.1. The molecule has 5 rings (SSSR count). The second-order valence-corrected chi connectivity index (χ2v) is 9.15. The second-order valence-electron chi connectivity index (χ2n) is 9.15. The van der Waals surface area contributed by atoms with Gasteiger partial charge in [-0.25, -0.2) is 4.98 Å². The largest absolute Gasteiger partial charge is 0.496 e. The Morgan fingerprint density at radius 1 is 0.919 bits per heavy atom. The van der Waals surface area contributed by atoms with Crippen LogP contribution in [0.25, 0.3) is 0 Å². The molecule has 0 bridgehead atoms. The highest BCUT2D eigenvalue weighted by Crippen LogP contribution is 2.31. The Labute approximate surface area is 217 Å². The van der Waals surface area contributed by atoms with E-state index in [9.17, 15) is 4.79 Å². The molecule has 0 saturated heterocycles. The van der Waals surface area contributed by atoms with Crippen LogP contribution in [0.1, 0.15) is 29.3 Å². The summed E-state index contributed by atoms with van der Waals surface area (Å²) >= 11 is 0. The molecule has 1 aliphatic rings. The van der Waals surface area contributed by atoms with Gasteiger partial charge in [-0.2, -0.15) is 0 Å². The highest BCUT2D eigenvalue weighted by molar-refractivity contribution is 5.59. The van der Waals surface area contributed by atoms with Crippen molar-refractivity contribution in [1.29, 1.82) is 0 Å². The molecule has 0 aliphatic carbocycles. The molecule has 0 N–H and O–H groups in total. The third-order valence-corrected chi connectivity index (χ3v) is 6.64. The molecule has 0 saturated carbocycles. The molecule has 2 heterocycles. The predicted molar refractivity (Wildman–Crippen MR) is 146 cm³/mol. The van der Waals surface area contributed by atoms with E-state index in [0.717, 1.165) is 39.6 Å². The van der Waals surface area contributed by atoms with Gasteiger partial charge in [-0.05, 0) is 49.7 Å². The summed E-state index contributed by atoms with van der Waals surface area (Å²) in [5, 5.41) is 0. The summed E-state index contributed by atoms with van der Waals surface area (Å²) in [6.45, 7) is 6.16. The van der Waals surface area contributed by atoms with Gasteiger partial charge in [0.1, 0.15) is 11.5 Å². The summed E-state index contributed by atoms with van der Waals surface area (Å²) in [6, 6.07) is 26.0. The number of methoxy groups -OCH3 is 1. The molecule has 0 atom stereocenters. The van der Waals surface area contributed by atoms with Crippen LogP contribution in [0.5, 0.6) is 11.5 Å². The fourth-order valence-corrected chi connectivity index (χ4v) is 4.79. The van der Waals surface area contributed by atoms with Crippen molar-refractivity contribution in [3.05, 3.63) is 112 Å². The molecule has 0 amide bonds. The minimum Gasteiger partial charge on any atom is -0.496 e. The van der Waals surface area contributed by atoms with Crippen LogP contribution >= 0.6 is 0 Å². The van der Waals surface area contributed by atoms with Crippen molar-refractivity contribution in [2.45, 2.75) is 33.5 Å². The van der Waals surface area contributed by atoms with Crippen LogP contribution in [0.4, 0.5) is 11.6 Å². The Balaban J connectivity index is 1.56. The van der Waals surface area contributed by atoms with Crippen LogP contribution in [-0.4, -0.2) is 34.8 Å². The zero-order valence-corrected chi connectivity index (χ0v) is 21.6. The fourth-order valence-electron chi connectivity index (χ4n) is 4.79. The van der Waals surface area contributed by atoms with Gasteiger partial charge in [0.2, 0.25) is 5.95 Å². The molecule has 7 nitrogen and oxygen atoms in total. The predicted octanol–water partition coefficient (Wildman–Crippen LogP) is 5.12. The lowest BCUT2D eigenvalue weighted by Crippen LogP contribution is -2.47. The number of nitrogens with zero attached hydrogens (tertiary/aromatic N) is 4. The topological polar surface area (TPSA) is 59.8 Å². The van der Waals surface area contributed by atoms with Crippen molar-refractivity contribution in [1.82, 2.24) is 14.5 Å². The van der Waals surface area contributed by atoms with Gasteiger partial charge < -0.3 is 9.47 Å². The normalized spacial score (nSPS) is 13.3. The number of benzene rings is 3. The Kier molecular flexibility index (Phi) is 7.23. The average Bonchev–Trinajstić information content (AvgIpc) is 2.93. The second kappa shape index (κ2) is 10.9. The molecule has 0 unspecified atom stereocenters. The average molecular weight is 497 g/mol. The lowest BCUT2D eigenvalue weighted by Gasteiger charge is -2.38. The Morgan fingerprint density at radius 3 is 2.38 bits per heavy atom. The summed E-state index contributed by atoms with van der Waals surface area (Å²) in [5.74, 6) is 2.30. The zero-order chi connectivity index (χ0) is 25.8. The van der Waals surface area contributed by atoms with Crippen LogP contribution in [0.15, 0.2) is 83.7 Å². The van der Waals surface area contributed by atoms with Crippen molar-refractivity contribution in [3.63, 3.8) is 0 Å². The molecule has 0 radical (unpaired) electrons. The minimum absolute atomic E-state index is 0.00739. The van der Waals surface area contributed by atoms with Gasteiger partial charge in [0, 0.05) is 29.8 Å². The van der Waals surface area contributed by atoms with E-state index < -0.39 is 0 Å². The van der Waals surface area contributed by atoms with E-state index in [2.05, 4.69) is 15.9 Å². The molecule has 4 aromatic rings. The van der Waals surface area contributed by atoms with Crippen molar-refractivity contribution in [3.8, 4) is 11.5 Å². The van der Waals surface area contributed by atoms with Gasteiger partial charge in [0.25, 0.3) is 5.56 Å². The van der Waals surface area contributed by atoms with Crippen molar-refractivity contribution in [2.24, 2.45) is 0 Å². The molecule has 1 aromatic heterocycles. The summed E-state index contributed by atoms with van der Waals surface area (Å²) in [6.07, 6.45) is 0.550. The number of aromatic nitrogens is 2. The monoisotopic (exact) mass is 496 g/mol. The number of ether oxygens (including phenoxy) is 2. The summed E-state index contributed by atoms with van der Waals surface area (Å²) in [4.78, 5) is 23.2. The minimum atomic E-state index is -0.00739. The standard InChI is InChI=1S/C30H32N4O3/c1-4-37-26-16-14-25(15-17-26)33-20-32(19-24-12-8-9-13-28(24)36-3)21-34-29(35)27(22(2)31-30(33)34)18-23-10-6-5-7-11-23/h5-17H,4,18-21H2,1-3H3. The SMILES string of the molecule is CCOc1ccc(N2CN(Cc3ccccc3OC)Cn3c2nc(C)c(Cc2ccccc2)c3=O)cc1. The maximum atomic E-state index is 13.9. The van der Waals surface area contributed by atoms with Gasteiger partial charge in [0.05, 0.1) is 32.7 Å². The first-order chi connectivity index (χ1) is 18.1. The third-order valence-electron chi connectivity index (χ3n) is 6.64. The number of aryl methyl sites for hydroxylation is 1. The van der Waals surface area contributed by atoms with Gasteiger partial charge in [-0.15, -0.1) is 0 Å². The summed E-state index contributed by atoms with van der Waals surface area (Å²) in [7, 11) is 1.68. The number of hydrogen-bond donors (Lipinski definition) is 0. The quantitative estimate of drug-likeness (QED) is 0.338. The van der Waals surface area contributed by atoms with Gasteiger partial charge >= 0.3 is 0 Å². The fraction of sp³-hybridized carbons (Fsp3) is 0.267. The number of hydrogen-bond acceptors (Lipinski definition) is 6. The van der Waals surface area contributed by atoms with Crippen LogP contribution in [0.2, 0.25) is 0 Å². The van der Waals surface area contributed by atoms with E-state index in [4.69, 9.17) is 14.5 Å². The van der Waals surface area contributed by atoms with Gasteiger partial charge in [-0.1, -0.05) is 48.5 Å². The zero-order valence-electron chi connectivity index (χ0n) is 21.6. The number of rotatable bonds is 8. The van der Waals surface area contributed by atoms with Crippen molar-refractivity contribution in [2.75, 3.05) is 25.3 Å². The molecule has 0 fully saturated rings. The summed E-state index contributed by atoms with van der Waals surface area (Å²) in [5.41, 5.74) is 4.58. The van der Waals surface area contributed by atoms with E-state index in [1.807, 2.05) is 86.6 Å². The smallest absolute Gasteiger partial charge is 0.259 e. The Bertz CT molecular complexity index is 1420. The number of fused-ring (bicyclic) bond motifs is 1. The van der Waals surface area contributed by atoms with Crippen LogP contribution < -0.4 is 19.9 Å². The Morgan fingerprint density at radius 2 is 1.65 bits per heavy atom. The lowest BCUT2D eigenvalue weighted by molar-refractivity contribution is 0.187. The van der Waals surface area contributed by atoms with E-state index in [1.54, 1.807) is 11.7 Å². The van der Waals surface area contributed by atoms with E-state index in [1.165, 1.54) is 0 Å². The van der Waals surface area contributed by atoms with Crippen LogP contribution in [-0.2, 0) is 19.6 Å². The molecule has 37 heavy (non-hydrogen) atoms. The molecule has 0 spiro atoms. The van der Waals surface area contributed by atoms with E-state index >= 15 is 0 Å². The van der Waals surface area contributed by atoms with E-state index in [-0.39, 0.29) is 5.56 Å². The molecule has 190 valence electrons. The molecular weight excluding hydrogens is 464 g/mol. The first kappa shape index (κ1) is 24.6. The maximum Gasteiger partial charge on any atom is 0.259 e. The maximum absolute atomic E-state index is 13.9. The molecular formula is C30H32N4O3. The number of para-hydroxylation sites is 1. The Hall–Kier alpha value is -4.10. The van der Waals surface area contributed by atoms with Crippen LogP contribution in [0, 0.1) is 6.92 Å². The summed E-state index contributed by atoms with van der Waals surface area (Å²) < 4.78 is 13.0. The first-order valence-electron chi connectivity index (χ1n) is 12.6. The molecule has 7 heteroatoms. The van der Waals surface area contributed by atoms with Gasteiger partial charge in [0.15, 0.2) is 0 Å². The van der Waals surface area contributed by atoms with Crippen molar-refractivity contribution < 1.29 is 9.47 Å².